The van der Waals surface area contributed by atoms with Crippen LogP contribution < -0.4 is 5.32 Å². The lowest BCUT2D eigenvalue weighted by Gasteiger charge is -2.45. The van der Waals surface area contributed by atoms with Crippen LogP contribution in [0.5, 0.6) is 0 Å². The van der Waals surface area contributed by atoms with Gasteiger partial charge in [-0.25, -0.2) is 4.98 Å². The van der Waals surface area contributed by atoms with E-state index >= 15 is 0 Å². The van der Waals surface area contributed by atoms with Crippen LogP contribution in [0.4, 0.5) is 0 Å². The molecule has 5 heteroatoms. The third kappa shape index (κ3) is 4.29. The van der Waals surface area contributed by atoms with Crippen molar-refractivity contribution in [1.29, 1.82) is 0 Å². The Bertz CT molecular complexity index is 488. The molecule has 0 saturated heterocycles. The fourth-order valence-electron chi connectivity index (χ4n) is 3.94. The van der Waals surface area contributed by atoms with Gasteiger partial charge < -0.3 is 5.32 Å². The van der Waals surface area contributed by atoms with Gasteiger partial charge in [0.2, 0.25) is 5.82 Å². The minimum Gasteiger partial charge on any atom is -0.346 e. The molecule has 1 fully saturated rings. The van der Waals surface area contributed by atoms with Gasteiger partial charge in [0.1, 0.15) is 5.82 Å². The van der Waals surface area contributed by atoms with Crippen LogP contribution >= 0.6 is 0 Å². The van der Waals surface area contributed by atoms with Gasteiger partial charge in [0, 0.05) is 12.5 Å². The summed E-state index contributed by atoms with van der Waals surface area (Å²) in [6, 6.07) is 0.198. The topological polar surface area (TPSA) is 70.7 Å². The summed E-state index contributed by atoms with van der Waals surface area (Å²) in [7, 11) is 0. The van der Waals surface area contributed by atoms with Crippen molar-refractivity contribution in [2.24, 2.45) is 10.8 Å². The number of hydrogen-bond donors (Lipinski definition) is 2. The number of rotatable bonds is 4. The second-order valence-corrected chi connectivity index (χ2v) is 7.94. The number of aromatic nitrogens is 3. The summed E-state index contributed by atoms with van der Waals surface area (Å²) in [5.41, 5.74) is 0.512. The van der Waals surface area contributed by atoms with Gasteiger partial charge in [-0.1, -0.05) is 34.6 Å². The Balaban J connectivity index is 2.01. The van der Waals surface area contributed by atoms with Crippen molar-refractivity contribution in [3.05, 3.63) is 11.6 Å². The van der Waals surface area contributed by atoms with Crippen LogP contribution in [0.1, 0.15) is 76.7 Å². The number of nitrogens with one attached hydrogen (secondary N) is 2. The summed E-state index contributed by atoms with van der Waals surface area (Å²) in [5.74, 6) is 0.888. The molecule has 0 atom stereocenters. The first kappa shape index (κ1) is 16.0. The van der Waals surface area contributed by atoms with E-state index in [9.17, 15) is 4.79 Å². The Morgan fingerprint density at radius 1 is 1.29 bits per heavy atom. The molecule has 118 valence electrons. The van der Waals surface area contributed by atoms with Crippen molar-refractivity contribution >= 4 is 5.91 Å². The molecular weight excluding hydrogens is 264 g/mol. The van der Waals surface area contributed by atoms with Crippen LogP contribution in [0.3, 0.4) is 0 Å². The monoisotopic (exact) mass is 292 g/mol. The lowest BCUT2D eigenvalue weighted by atomic mass is 9.63. The van der Waals surface area contributed by atoms with E-state index in [0.29, 0.717) is 0 Å². The lowest BCUT2D eigenvalue weighted by molar-refractivity contribution is 0.0707. The van der Waals surface area contributed by atoms with Crippen LogP contribution in [-0.2, 0) is 6.42 Å². The molecule has 1 aromatic rings. The third-order valence-corrected chi connectivity index (χ3v) is 4.11. The van der Waals surface area contributed by atoms with E-state index in [4.69, 9.17) is 0 Å². The molecule has 1 amide bonds. The molecule has 0 aromatic carbocycles. The lowest BCUT2D eigenvalue weighted by Crippen LogP contribution is -2.46. The van der Waals surface area contributed by atoms with Crippen LogP contribution in [0.15, 0.2) is 0 Å². The predicted octanol–water partition coefficient (Wildman–Crippen LogP) is 3.09. The number of amides is 1. The average Bonchev–Trinajstić information content (AvgIpc) is 2.73. The van der Waals surface area contributed by atoms with Gasteiger partial charge in [-0.15, -0.1) is 5.10 Å². The molecule has 0 bridgehead atoms. The summed E-state index contributed by atoms with van der Waals surface area (Å²) in [6.07, 6.45) is 5.02. The summed E-state index contributed by atoms with van der Waals surface area (Å²) in [6.45, 7) is 11.2. The van der Waals surface area contributed by atoms with E-state index < -0.39 is 0 Å². The van der Waals surface area contributed by atoms with Crippen molar-refractivity contribution in [3.63, 3.8) is 0 Å². The first-order valence-electron chi connectivity index (χ1n) is 7.93. The van der Waals surface area contributed by atoms with Gasteiger partial charge >= 0.3 is 0 Å². The zero-order valence-corrected chi connectivity index (χ0v) is 13.9. The largest absolute Gasteiger partial charge is 0.346 e. The molecule has 1 saturated carbocycles. The fourth-order valence-corrected chi connectivity index (χ4v) is 3.94. The van der Waals surface area contributed by atoms with E-state index in [2.05, 4.69) is 55.1 Å². The number of H-pyrrole nitrogens is 1. The highest BCUT2D eigenvalue weighted by molar-refractivity contribution is 5.90. The molecule has 1 aliphatic rings. The molecule has 2 rings (SSSR count). The van der Waals surface area contributed by atoms with Gasteiger partial charge in [-0.3, -0.25) is 9.89 Å². The molecule has 1 aliphatic carbocycles. The Morgan fingerprint density at radius 3 is 2.48 bits per heavy atom. The van der Waals surface area contributed by atoms with Crippen molar-refractivity contribution < 1.29 is 4.79 Å². The molecule has 2 N–H and O–H groups in total. The molecule has 1 aromatic heterocycles. The Hall–Kier alpha value is -1.39. The van der Waals surface area contributed by atoms with Crippen molar-refractivity contribution in [2.45, 2.75) is 72.8 Å². The molecule has 1 heterocycles. The predicted molar refractivity (Wildman–Crippen MR) is 83.0 cm³/mol. The van der Waals surface area contributed by atoms with Crippen molar-refractivity contribution in [1.82, 2.24) is 20.5 Å². The zero-order chi connectivity index (χ0) is 15.7. The maximum absolute atomic E-state index is 12.3. The summed E-state index contributed by atoms with van der Waals surface area (Å²) in [4.78, 5) is 16.6. The molecular formula is C16H28N4O. The number of nitrogens with zero attached hydrogens (tertiary/aromatic N) is 2. The van der Waals surface area contributed by atoms with Gasteiger partial charge in [0.05, 0.1) is 0 Å². The minimum absolute atomic E-state index is 0.160. The number of aryl methyl sites for hydroxylation is 1. The molecule has 0 spiro atoms. The maximum atomic E-state index is 12.3. The second kappa shape index (κ2) is 5.78. The normalized spacial score (nSPS) is 21.2. The highest BCUT2D eigenvalue weighted by Crippen LogP contribution is 2.45. The summed E-state index contributed by atoms with van der Waals surface area (Å²) < 4.78 is 0. The molecule has 0 radical (unpaired) electrons. The van der Waals surface area contributed by atoms with Crippen LogP contribution in [-0.4, -0.2) is 27.1 Å². The van der Waals surface area contributed by atoms with Crippen molar-refractivity contribution in [2.75, 3.05) is 0 Å². The summed E-state index contributed by atoms with van der Waals surface area (Å²) >= 11 is 0. The van der Waals surface area contributed by atoms with E-state index in [1.165, 1.54) is 6.42 Å². The van der Waals surface area contributed by atoms with Crippen LogP contribution in [0.25, 0.3) is 0 Å². The van der Waals surface area contributed by atoms with Gasteiger partial charge in [-0.05, 0) is 36.5 Å². The van der Waals surface area contributed by atoms with E-state index in [1.54, 1.807) is 0 Å². The van der Waals surface area contributed by atoms with E-state index in [-0.39, 0.29) is 28.6 Å². The summed E-state index contributed by atoms with van der Waals surface area (Å²) in [5, 5.41) is 9.98. The standard InChI is InChI=1S/C16H28N4O/c1-6-7-12-18-13(20-19-12)14(21)17-11-8-15(2,3)10-16(4,5)9-11/h11H,6-10H2,1-5H3,(H,17,21)(H,18,19,20). The highest BCUT2D eigenvalue weighted by Gasteiger charge is 2.39. The van der Waals surface area contributed by atoms with Crippen LogP contribution in [0.2, 0.25) is 0 Å². The highest BCUT2D eigenvalue weighted by atomic mass is 16.2. The Labute approximate surface area is 127 Å². The van der Waals surface area contributed by atoms with Gasteiger partial charge in [0.25, 0.3) is 5.91 Å². The van der Waals surface area contributed by atoms with Crippen LogP contribution in [0, 0.1) is 10.8 Å². The minimum atomic E-state index is -0.160. The van der Waals surface area contributed by atoms with E-state index in [0.717, 1.165) is 31.5 Å². The maximum Gasteiger partial charge on any atom is 0.291 e. The van der Waals surface area contributed by atoms with Gasteiger partial charge in [-0.2, -0.15) is 0 Å². The molecule has 5 nitrogen and oxygen atoms in total. The number of hydrogen-bond acceptors (Lipinski definition) is 3. The molecule has 21 heavy (non-hydrogen) atoms. The zero-order valence-electron chi connectivity index (χ0n) is 13.9. The Morgan fingerprint density at radius 2 is 1.90 bits per heavy atom. The third-order valence-electron chi connectivity index (χ3n) is 4.11. The fraction of sp³-hybridized carbons (Fsp3) is 0.812. The first-order chi connectivity index (χ1) is 9.71. The molecule has 0 unspecified atom stereocenters. The number of aromatic amines is 1. The Kier molecular flexibility index (Phi) is 4.40. The van der Waals surface area contributed by atoms with Crippen molar-refractivity contribution in [3.8, 4) is 0 Å². The smallest absolute Gasteiger partial charge is 0.291 e. The quantitative estimate of drug-likeness (QED) is 0.896. The SMILES string of the molecule is CCCc1nc(C(=O)NC2CC(C)(C)CC(C)(C)C2)n[nH]1. The average molecular weight is 292 g/mol. The van der Waals surface area contributed by atoms with Gasteiger partial charge in [0.15, 0.2) is 0 Å². The molecule has 0 aliphatic heterocycles. The number of carbonyl (C=O) groups excluding carboxylic acids is 1. The second-order valence-electron chi connectivity index (χ2n) is 7.94. The first-order valence-corrected chi connectivity index (χ1v) is 7.93. The van der Waals surface area contributed by atoms with E-state index in [1.807, 2.05) is 0 Å². The number of carbonyl (C=O) groups is 1.